The number of carboxylic acid groups (broad SMARTS) is 1. The fraction of sp³-hybridized carbons (Fsp3) is 0.538. The first kappa shape index (κ1) is 24.3. The van der Waals surface area contributed by atoms with E-state index in [2.05, 4.69) is 6.07 Å². The summed E-state index contributed by atoms with van der Waals surface area (Å²) < 4.78 is 17.3. The lowest BCUT2D eigenvalue weighted by Crippen LogP contribution is -2.55. The zero-order valence-electron chi connectivity index (χ0n) is 20.4. The molecular formula is C26H30FN5O4. The highest BCUT2D eigenvalue weighted by atomic mass is 19.1. The first-order valence-corrected chi connectivity index (χ1v) is 12.5. The SMILES string of the molecule is CC(C)[C@H](N)C(=O)N1CCC[C@H]2CN(c3c(F)cc4c(=O)c(C(=O)O)cn(C5CC5)c4c3C#N)C[C@H]21. The average molecular weight is 496 g/mol. The van der Waals surface area contributed by atoms with Crippen LogP contribution in [0.1, 0.15) is 61.5 Å². The van der Waals surface area contributed by atoms with Crippen LogP contribution in [0.15, 0.2) is 17.1 Å². The fourth-order valence-corrected chi connectivity index (χ4v) is 5.80. The average Bonchev–Trinajstić information content (AvgIpc) is 3.60. The minimum absolute atomic E-state index is 0.00615. The summed E-state index contributed by atoms with van der Waals surface area (Å²) in [4.78, 5) is 41.3. The molecule has 2 aromatic rings. The number of halogens is 1. The van der Waals surface area contributed by atoms with Crippen LogP contribution in [-0.2, 0) is 4.79 Å². The normalized spacial score (nSPS) is 22.6. The summed E-state index contributed by atoms with van der Waals surface area (Å²) in [5.74, 6) is -2.12. The third kappa shape index (κ3) is 3.82. The number of nitrogens with two attached hydrogens (primary N) is 1. The first-order chi connectivity index (χ1) is 17.1. The van der Waals surface area contributed by atoms with Crippen LogP contribution in [0.3, 0.4) is 0 Å². The summed E-state index contributed by atoms with van der Waals surface area (Å²) in [5, 5.41) is 19.6. The van der Waals surface area contributed by atoms with E-state index in [1.807, 2.05) is 23.6 Å². The number of likely N-dealkylation sites (tertiary alicyclic amines) is 1. The van der Waals surface area contributed by atoms with E-state index in [1.54, 1.807) is 4.57 Å². The Morgan fingerprint density at radius 3 is 2.58 bits per heavy atom. The van der Waals surface area contributed by atoms with Crippen molar-refractivity contribution in [1.82, 2.24) is 9.47 Å². The van der Waals surface area contributed by atoms with Gasteiger partial charge in [0, 0.05) is 31.9 Å². The van der Waals surface area contributed by atoms with Crippen LogP contribution < -0.4 is 16.1 Å². The van der Waals surface area contributed by atoms with Crippen LogP contribution in [0.25, 0.3) is 10.9 Å². The summed E-state index contributed by atoms with van der Waals surface area (Å²) in [6, 6.07) is 2.39. The van der Waals surface area contributed by atoms with Crippen molar-refractivity contribution in [3.8, 4) is 6.07 Å². The molecule has 3 atom stereocenters. The van der Waals surface area contributed by atoms with Crippen LogP contribution in [0.4, 0.5) is 10.1 Å². The number of hydrogen-bond acceptors (Lipinski definition) is 6. The number of carboxylic acids is 1. The number of pyridine rings is 1. The van der Waals surface area contributed by atoms with Gasteiger partial charge < -0.3 is 25.2 Å². The first-order valence-electron chi connectivity index (χ1n) is 12.5. The van der Waals surface area contributed by atoms with Gasteiger partial charge in [-0.2, -0.15) is 5.26 Å². The lowest BCUT2D eigenvalue weighted by molar-refractivity contribution is -0.137. The molecule has 0 unspecified atom stereocenters. The van der Waals surface area contributed by atoms with Gasteiger partial charge in [0.2, 0.25) is 11.3 Å². The molecular weight excluding hydrogens is 465 g/mol. The van der Waals surface area contributed by atoms with Gasteiger partial charge in [-0.1, -0.05) is 13.8 Å². The Kier molecular flexibility index (Phi) is 5.99. The zero-order valence-corrected chi connectivity index (χ0v) is 20.4. The second kappa shape index (κ2) is 8.89. The maximum absolute atomic E-state index is 15.7. The highest BCUT2D eigenvalue weighted by molar-refractivity contribution is 5.96. The lowest BCUT2D eigenvalue weighted by Gasteiger charge is -2.38. The Balaban J connectivity index is 1.60. The van der Waals surface area contributed by atoms with Gasteiger partial charge in [0.1, 0.15) is 23.0 Å². The monoisotopic (exact) mass is 495 g/mol. The smallest absolute Gasteiger partial charge is 0.341 e. The lowest BCUT2D eigenvalue weighted by atomic mass is 9.90. The number of nitrogens with zero attached hydrogens (tertiary/aromatic N) is 4. The van der Waals surface area contributed by atoms with Crippen molar-refractivity contribution < 1.29 is 19.1 Å². The Hall–Kier alpha value is -3.45. The molecule has 2 saturated heterocycles. The number of carbonyl (C=O) groups is 2. The Labute approximate surface area is 207 Å². The molecule has 1 aromatic carbocycles. The van der Waals surface area contributed by atoms with Gasteiger partial charge in [-0.25, -0.2) is 9.18 Å². The number of fused-ring (bicyclic) bond motifs is 2. The molecule has 2 aliphatic heterocycles. The molecule has 3 heterocycles. The molecule has 0 radical (unpaired) electrons. The van der Waals surface area contributed by atoms with Crippen molar-refractivity contribution in [2.24, 2.45) is 17.6 Å². The predicted molar refractivity (Wildman–Crippen MR) is 131 cm³/mol. The van der Waals surface area contributed by atoms with E-state index in [1.165, 1.54) is 6.20 Å². The summed E-state index contributed by atoms with van der Waals surface area (Å²) >= 11 is 0. The number of amides is 1. The molecule has 9 nitrogen and oxygen atoms in total. The molecule has 36 heavy (non-hydrogen) atoms. The minimum Gasteiger partial charge on any atom is -0.477 e. The maximum atomic E-state index is 15.7. The second-order valence-corrected chi connectivity index (χ2v) is 10.6. The van der Waals surface area contributed by atoms with Crippen molar-refractivity contribution in [2.75, 3.05) is 24.5 Å². The second-order valence-electron chi connectivity index (χ2n) is 10.6. The van der Waals surface area contributed by atoms with E-state index in [0.29, 0.717) is 19.6 Å². The number of rotatable bonds is 5. The van der Waals surface area contributed by atoms with Gasteiger partial charge in [0.15, 0.2) is 0 Å². The summed E-state index contributed by atoms with van der Waals surface area (Å²) in [5.41, 5.74) is 5.34. The Morgan fingerprint density at radius 2 is 1.97 bits per heavy atom. The van der Waals surface area contributed by atoms with Gasteiger partial charge in [-0.05, 0) is 43.6 Å². The molecule has 3 fully saturated rings. The van der Waals surface area contributed by atoms with Crippen molar-refractivity contribution in [3.05, 3.63) is 39.4 Å². The van der Waals surface area contributed by atoms with Gasteiger partial charge >= 0.3 is 5.97 Å². The van der Waals surface area contributed by atoms with E-state index >= 15 is 4.39 Å². The van der Waals surface area contributed by atoms with Crippen molar-refractivity contribution in [1.29, 1.82) is 5.26 Å². The molecule has 0 spiro atoms. The predicted octanol–water partition coefficient (Wildman–Crippen LogP) is 2.46. The minimum atomic E-state index is -1.38. The van der Waals surface area contributed by atoms with E-state index < -0.39 is 28.8 Å². The quantitative estimate of drug-likeness (QED) is 0.651. The van der Waals surface area contributed by atoms with Crippen LogP contribution in [0, 0.1) is 29.0 Å². The van der Waals surface area contributed by atoms with Gasteiger partial charge in [0.05, 0.1) is 28.7 Å². The third-order valence-electron chi connectivity index (χ3n) is 7.91. The van der Waals surface area contributed by atoms with Gasteiger partial charge in [0.25, 0.3) is 0 Å². The Bertz CT molecular complexity index is 1360. The van der Waals surface area contributed by atoms with E-state index in [4.69, 9.17) is 5.73 Å². The topological polar surface area (TPSA) is 133 Å². The molecule has 5 rings (SSSR count). The number of benzene rings is 1. The van der Waals surface area contributed by atoms with Crippen molar-refractivity contribution >= 4 is 28.5 Å². The molecule has 1 aromatic heterocycles. The molecule has 1 saturated carbocycles. The van der Waals surface area contributed by atoms with Crippen LogP contribution in [-0.4, -0.2) is 58.2 Å². The summed E-state index contributed by atoms with van der Waals surface area (Å²) in [7, 11) is 0. The molecule has 3 aliphatic rings. The van der Waals surface area contributed by atoms with Crippen LogP contribution in [0.2, 0.25) is 0 Å². The number of aromatic nitrogens is 1. The number of piperidine rings is 1. The summed E-state index contributed by atoms with van der Waals surface area (Å²) in [6.45, 7) is 5.24. The molecule has 3 N–H and O–H groups in total. The molecule has 190 valence electrons. The summed E-state index contributed by atoms with van der Waals surface area (Å²) in [6.07, 6.45) is 4.57. The molecule has 1 aliphatic carbocycles. The number of carbonyl (C=O) groups excluding carboxylic acids is 1. The van der Waals surface area contributed by atoms with E-state index in [0.717, 1.165) is 31.7 Å². The number of hydrogen-bond donors (Lipinski definition) is 2. The largest absolute Gasteiger partial charge is 0.477 e. The van der Waals surface area contributed by atoms with E-state index in [-0.39, 0.29) is 52.0 Å². The van der Waals surface area contributed by atoms with E-state index in [9.17, 15) is 24.8 Å². The van der Waals surface area contributed by atoms with Crippen molar-refractivity contribution in [3.63, 3.8) is 0 Å². The zero-order chi connectivity index (χ0) is 25.9. The fourth-order valence-electron chi connectivity index (χ4n) is 5.80. The van der Waals surface area contributed by atoms with Crippen LogP contribution >= 0.6 is 0 Å². The van der Waals surface area contributed by atoms with Gasteiger partial charge in [-0.3, -0.25) is 9.59 Å². The van der Waals surface area contributed by atoms with Crippen LogP contribution in [0.5, 0.6) is 0 Å². The maximum Gasteiger partial charge on any atom is 0.341 e. The number of aromatic carboxylic acids is 1. The van der Waals surface area contributed by atoms with Gasteiger partial charge in [-0.15, -0.1) is 0 Å². The highest BCUT2D eigenvalue weighted by Crippen LogP contribution is 2.42. The third-order valence-corrected chi connectivity index (χ3v) is 7.91. The van der Waals surface area contributed by atoms with Crippen molar-refractivity contribution in [2.45, 2.75) is 57.7 Å². The number of nitriles is 1. The Morgan fingerprint density at radius 1 is 1.25 bits per heavy atom. The highest BCUT2D eigenvalue weighted by Gasteiger charge is 2.44. The molecule has 10 heteroatoms. The standard InChI is InChI=1S/C26H30FN5O4/c1-13(2)21(29)25(34)31-7-3-4-14-10-30(12-20(14)31)23-17(9-28)22-16(8-19(23)27)24(33)18(26(35)36)11-32(22)15-5-6-15/h8,11,13-15,20-21H,3-7,10,12,29H2,1-2H3,(H,35,36)/t14-,20+,21-/m0/s1. The molecule has 1 amide bonds. The molecule has 0 bridgehead atoms. The number of anilines is 1.